The number of rotatable bonds is 6. The maximum absolute atomic E-state index is 5.90. The quantitative estimate of drug-likeness (QED) is 0.208. The van der Waals surface area contributed by atoms with Crippen LogP contribution in [0, 0.1) is 0 Å². The third-order valence-electron chi connectivity index (χ3n) is 4.60. The Morgan fingerprint density at radius 3 is 2.52 bits per heavy atom. The van der Waals surface area contributed by atoms with Crippen molar-refractivity contribution in [3.05, 3.63) is 29.3 Å². The van der Waals surface area contributed by atoms with Crippen LogP contribution in [0.5, 0.6) is 0 Å². The lowest BCUT2D eigenvalue weighted by Crippen LogP contribution is -2.63. The summed E-state index contributed by atoms with van der Waals surface area (Å²) < 4.78 is 0. The molecule has 1 unspecified atom stereocenters. The van der Waals surface area contributed by atoms with Crippen molar-refractivity contribution in [3.8, 4) is 0 Å². The van der Waals surface area contributed by atoms with Gasteiger partial charge in [-0.15, -0.1) is 35.7 Å². The van der Waals surface area contributed by atoms with E-state index in [4.69, 9.17) is 11.6 Å². The molecule has 1 atom stereocenters. The van der Waals surface area contributed by atoms with Crippen molar-refractivity contribution in [1.82, 2.24) is 20.4 Å². The minimum atomic E-state index is 0. The van der Waals surface area contributed by atoms with E-state index in [0.29, 0.717) is 6.04 Å². The van der Waals surface area contributed by atoms with Gasteiger partial charge in [0.05, 0.1) is 0 Å². The first kappa shape index (κ1) is 21.1. The summed E-state index contributed by atoms with van der Waals surface area (Å²) in [6.45, 7) is 7.88. The molecule has 0 amide bonds. The van der Waals surface area contributed by atoms with Crippen LogP contribution in [-0.2, 0) is 0 Å². The number of aliphatic imine (C=N–C) groups is 1. The van der Waals surface area contributed by atoms with E-state index < -0.39 is 0 Å². The van der Waals surface area contributed by atoms with E-state index in [0.717, 1.165) is 29.8 Å². The van der Waals surface area contributed by atoms with Crippen LogP contribution in [0.2, 0.25) is 5.02 Å². The van der Waals surface area contributed by atoms with Crippen LogP contribution in [0.1, 0.15) is 0 Å². The third kappa shape index (κ3) is 6.46. The summed E-state index contributed by atoms with van der Waals surface area (Å²) in [5, 5.41) is 7.65. The Hall–Kier alpha value is -0.220. The third-order valence-corrected chi connectivity index (χ3v) is 5.86. The fourth-order valence-electron chi connectivity index (χ4n) is 3.22. The van der Waals surface area contributed by atoms with E-state index in [1.54, 1.807) is 0 Å². The van der Waals surface area contributed by atoms with Gasteiger partial charge >= 0.3 is 0 Å². The molecule has 25 heavy (non-hydrogen) atoms. The Kier molecular flexibility index (Phi) is 9.12. The van der Waals surface area contributed by atoms with Gasteiger partial charge in [-0.1, -0.05) is 11.6 Å². The second kappa shape index (κ2) is 10.8. The molecule has 2 bridgehead atoms. The first-order chi connectivity index (χ1) is 11.7. The van der Waals surface area contributed by atoms with E-state index in [1.807, 2.05) is 30.9 Å². The highest BCUT2D eigenvalue weighted by Crippen LogP contribution is 2.19. The molecule has 0 aliphatic carbocycles. The molecule has 5 nitrogen and oxygen atoms in total. The normalized spacial score (nSPS) is 25.4. The predicted octanol–water partition coefficient (Wildman–Crippen LogP) is 2.21. The van der Waals surface area contributed by atoms with Crippen molar-refractivity contribution in [1.29, 1.82) is 0 Å². The van der Waals surface area contributed by atoms with Gasteiger partial charge in [-0.3, -0.25) is 14.8 Å². The lowest BCUT2D eigenvalue weighted by atomic mass is 10.1. The van der Waals surface area contributed by atoms with Crippen molar-refractivity contribution >= 4 is 53.3 Å². The Balaban J connectivity index is 0.00000225. The zero-order valence-electron chi connectivity index (χ0n) is 14.6. The molecule has 3 heterocycles. The van der Waals surface area contributed by atoms with Gasteiger partial charge in [-0.25, -0.2) is 0 Å². The molecule has 0 spiro atoms. The number of nitrogens with zero attached hydrogens (tertiary/aromatic N) is 3. The number of piperazine rings is 3. The van der Waals surface area contributed by atoms with Crippen molar-refractivity contribution in [2.75, 3.05) is 58.6 Å². The zero-order valence-corrected chi connectivity index (χ0v) is 18.5. The summed E-state index contributed by atoms with van der Waals surface area (Å²) in [4.78, 5) is 10.7. The second-order valence-electron chi connectivity index (χ2n) is 6.17. The summed E-state index contributed by atoms with van der Waals surface area (Å²) in [5.74, 6) is 1.88. The van der Waals surface area contributed by atoms with E-state index >= 15 is 0 Å². The van der Waals surface area contributed by atoms with Crippen LogP contribution >= 0.6 is 47.3 Å². The SMILES string of the molecule is CN=C(NCCSc1ccc(Cl)cc1)NCC1CN2CCN1CC2.I. The Morgan fingerprint density at radius 2 is 1.92 bits per heavy atom. The van der Waals surface area contributed by atoms with Crippen LogP contribution in [0.3, 0.4) is 0 Å². The van der Waals surface area contributed by atoms with Crippen molar-refractivity contribution < 1.29 is 0 Å². The monoisotopic (exact) mass is 495 g/mol. The first-order valence-electron chi connectivity index (χ1n) is 8.54. The fourth-order valence-corrected chi connectivity index (χ4v) is 4.12. The van der Waals surface area contributed by atoms with Crippen LogP contribution in [0.4, 0.5) is 0 Å². The molecule has 3 aliphatic rings. The van der Waals surface area contributed by atoms with Crippen LogP contribution in [-0.4, -0.2) is 80.4 Å². The molecule has 4 rings (SSSR count). The van der Waals surface area contributed by atoms with Crippen LogP contribution < -0.4 is 10.6 Å². The summed E-state index contributed by atoms with van der Waals surface area (Å²) in [6.07, 6.45) is 0. The van der Waals surface area contributed by atoms with Gasteiger partial charge in [0.2, 0.25) is 0 Å². The summed E-state index contributed by atoms with van der Waals surface area (Å²) >= 11 is 7.72. The molecule has 8 heteroatoms. The van der Waals surface area contributed by atoms with Gasteiger partial charge in [-0.05, 0) is 24.3 Å². The van der Waals surface area contributed by atoms with Gasteiger partial charge in [0.1, 0.15) is 0 Å². The van der Waals surface area contributed by atoms with Crippen molar-refractivity contribution in [2.24, 2.45) is 4.99 Å². The number of fused-ring (bicyclic) bond motifs is 3. The number of halogens is 2. The molecule has 0 saturated carbocycles. The molecule has 1 aromatic carbocycles. The Bertz CT molecular complexity index is 548. The molecule has 2 N–H and O–H groups in total. The molecule has 1 aromatic rings. The lowest BCUT2D eigenvalue weighted by molar-refractivity contribution is 0.0154. The van der Waals surface area contributed by atoms with E-state index in [2.05, 4.69) is 37.6 Å². The molecule has 140 valence electrons. The standard InChI is InChI=1S/C17H26ClN5S.HI/c1-19-17(20-6-11-24-16-4-2-14(18)3-5-16)21-12-15-13-22-7-9-23(15)10-8-22;/h2-5,15H,6-13H2,1H3,(H2,19,20,21);1H. The van der Waals surface area contributed by atoms with Gasteiger partial charge in [-0.2, -0.15) is 0 Å². The Morgan fingerprint density at radius 1 is 1.20 bits per heavy atom. The smallest absolute Gasteiger partial charge is 0.191 e. The molecular weight excluding hydrogens is 469 g/mol. The number of thioether (sulfide) groups is 1. The fraction of sp³-hybridized carbons (Fsp3) is 0.588. The average Bonchev–Trinajstić information content (AvgIpc) is 2.63. The minimum absolute atomic E-state index is 0. The summed E-state index contributed by atoms with van der Waals surface area (Å²) in [5.41, 5.74) is 0. The largest absolute Gasteiger partial charge is 0.356 e. The topological polar surface area (TPSA) is 42.9 Å². The zero-order chi connectivity index (χ0) is 16.8. The lowest BCUT2D eigenvalue weighted by Gasteiger charge is -2.47. The highest BCUT2D eigenvalue weighted by molar-refractivity contribution is 14.0. The van der Waals surface area contributed by atoms with Gasteiger partial charge in [0.15, 0.2) is 5.96 Å². The minimum Gasteiger partial charge on any atom is -0.356 e. The maximum atomic E-state index is 5.90. The number of nitrogens with one attached hydrogen (secondary N) is 2. The molecule has 0 radical (unpaired) electrons. The second-order valence-corrected chi connectivity index (χ2v) is 7.78. The van der Waals surface area contributed by atoms with Crippen molar-refractivity contribution in [3.63, 3.8) is 0 Å². The predicted molar refractivity (Wildman–Crippen MR) is 119 cm³/mol. The van der Waals surface area contributed by atoms with Crippen LogP contribution in [0.15, 0.2) is 34.2 Å². The highest BCUT2D eigenvalue weighted by atomic mass is 127. The Labute approximate surface area is 177 Å². The van der Waals surface area contributed by atoms with E-state index in [-0.39, 0.29) is 24.0 Å². The molecule has 0 aromatic heterocycles. The van der Waals surface area contributed by atoms with Crippen LogP contribution in [0.25, 0.3) is 0 Å². The number of benzene rings is 1. The molecule has 3 saturated heterocycles. The molecular formula is C17H27ClIN5S. The first-order valence-corrected chi connectivity index (χ1v) is 9.90. The molecule has 3 aliphatic heterocycles. The van der Waals surface area contributed by atoms with Gasteiger partial charge in [0.25, 0.3) is 0 Å². The number of hydrogen-bond acceptors (Lipinski definition) is 4. The van der Waals surface area contributed by atoms with Gasteiger partial charge in [0, 0.05) is 74.6 Å². The average molecular weight is 496 g/mol. The van der Waals surface area contributed by atoms with E-state index in [9.17, 15) is 0 Å². The molecule has 3 fully saturated rings. The highest BCUT2D eigenvalue weighted by Gasteiger charge is 2.31. The maximum Gasteiger partial charge on any atom is 0.191 e. The summed E-state index contributed by atoms with van der Waals surface area (Å²) in [7, 11) is 1.83. The number of hydrogen-bond donors (Lipinski definition) is 2. The summed E-state index contributed by atoms with van der Waals surface area (Å²) in [6, 6.07) is 8.58. The van der Waals surface area contributed by atoms with Crippen molar-refractivity contribution in [2.45, 2.75) is 10.9 Å². The number of guanidine groups is 1. The van der Waals surface area contributed by atoms with E-state index in [1.165, 1.54) is 37.6 Å². The van der Waals surface area contributed by atoms with Gasteiger partial charge < -0.3 is 10.6 Å².